The van der Waals surface area contributed by atoms with Gasteiger partial charge in [0.25, 0.3) is 0 Å². The van der Waals surface area contributed by atoms with E-state index in [1.165, 1.54) is 30.5 Å². The topological polar surface area (TPSA) is 85.2 Å². The molecule has 0 spiro atoms. The van der Waals surface area contributed by atoms with Gasteiger partial charge in [-0.25, -0.2) is 9.18 Å². The molecule has 0 saturated carbocycles. The fraction of sp³-hybridized carbons (Fsp3) is 0.136. The Kier molecular flexibility index (Phi) is 6.07. The molecule has 0 fully saturated rings. The Morgan fingerprint density at radius 2 is 1.97 bits per heavy atom. The SMILES string of the molecule is O=C(C[C@@H](c1ccc(OC(F)(F)F)c(F)c1)c1ncccc1Br)c1ccc2oc(=O)[nH]c2c1. The summed E-state index contributed by atoms with van der Waals surface area (Å²) in [7, 11) is 0. The number of carbonyl (C=O) groups excluding carboxylic acids is 1. The first-order valence-corrected chi connectivity index (χ1v) is 10.2. The fourth-order valence-electron chi connectivity index (χ4n) is 3.40. The van der Waals surface area contributed by atoms with Gasteiger partial charge in [0.1, 0.15) is 0 Å². The molecule has 0 radical (unpaired) electrons. The van der Waals surface area contributed by atoms with E-state index in [4.69, 9.17) is 4.42 Å². The number of rotatable bonds is 6. The van der Waals surface area contributed by atoms with Gasteiger partial charge in [-0.1, -0.05) is 6.07 Å². The number of oxazole rings is 1. The van der Waals surface area contributed by atoms with E-state index in [2.05, 4.69) is 30.6 Å². The van der Waals surface area contributed by atoms with Crippen LogP contribution in [0.15, 0.2) is 68.4 Å². The summed E-state index contributed by atoms with van der Waals surface area (Å²) in [6.07, 6.45) is -3.74. The third kappa shape index (κ3) is 5.14. The van der Waals surface area contributed by atoms with E-state index in [1.54, 1.807) is 12.1 Å². The fourth-order valence-corrected chi connectivity index (χ4v) is 3.93. The largest absolute Gasteiger partial charge is 0.573 e. The van der Waals surface area contributed by atoms with E-state index in [0.29, 0.717) is 15.7 Å². The van der Waals surface area contributed by atoms with Crippen molar-refractivity contribution in [3.05, 3.63) is 92.4 Å². The Morgan fingerprint density at radius 3 is 2.67 bits per heavy atom. The number of ether oxygens (including phenoxy) is 1. The molecule has 4 aromatic rings. The molecule has 11 heteroatoms. The minimum absolute atomic E-state index is 0.178. The van der Waals surface area contributed by atoms with Gasteiger partial charge in [0, 0.05) is 28.6 Å². The predicted octanol–water partition coefficient (Wildman–Crippen LogP) is 5.72. The maximum atomic E-state index is 14.4. The Labute approximate surface area is 191 Å². The molecule has 2 aromatic carbocycles. The number of hydrogen-bond acceptors (Lipinski definition) is 5. The van der Waals surface area contributed by atoms with Gasteiger partial charge in [-0.15, -0.1) is 13.2 Å². The highest BCUT2D eigenvalue weighted by Crippen LogP contribution is 2.35. The van der Waals surface area contributed by atoms with Crippen molar-refractivity contribution >= 4 is 32.8 Å². The van der Waals surface area contributed by atoms with E-state index in [0.717, 1.165) is 12.1 Å². The van der Waals surface area contributed by atoms with Crippen molar-refractivity contribution in [3.63, 3.8) is 0 Å². The summed E-state index contributed by atoms with van der Waals surface area (Å²) in [4.78, 5) is 31.2. The van der Waals surface area contributed by atoms with Crippen LogP contribution < -0.4 is 10.5 Å². The van der Waals surface area contributed by atoms with Crippen LogP contribution in [0.4, 0.5) is 17.6 Å². The number of benzene rings is 2. The second-order valence-electron chi connectivity index (χ2n) is 7.01. The average molecular weight is 525 g/mol. The van der Waals surface area contributed by atoms with E-state index in [-0.39, 0.29) is 28.9 Å². The van der Waals surface area contributed by atoms with Crippen LogP contribution in [0, 0.1) is 5.82 Å². The number of nitrogens with zero attached hydrogens (tertiary/aromatic N) is 1. The highest BCUT2D eigenvalue weighted by molar-refractivity contribution is 9.10. The number of alkyl halides is 3. The van der Waals surface area contributed by atoms with Gasteiger partial charge >= 0.3 is 12.1 Å². The van der Waals surface area contributed by atoms with Gasteiger partial charge in [0.05, 0.1) is 11.2 Å². The molecule has 0 aliphatic carbocycles. The van der Waals surface area contributed by atoms with Crippen LogP contribution in [0.25, 0.3) is 11.1 Å². The molecule has 2 heterocycles. The van der Waals surface area contributed by atoms with Gasteiger partial charge in [-0.3, -0.25) is 14.8 Å². The zero-order valence-corrected chi connectivity index (χ0v) is 18.0. The van der Waals surface area contributed by atoms with Crippen molar-refractivity contribution in [2.45, 2.75) is 18.7 Å². The van der Waals surface area contributed by atoms with Gasteiger partial charge in [-0.2, -0.15) is 0 Å². The zero-order chi connectivity index (χ0) is 23.8. The van der Waals surface area contributed by atoms with Crippen LogP contribution in [0.1, 0.15) is 34.0 Å². The third-order valence-electron chi connectivity index (χ3n) is 4.83. The molecule has 0 aliphatic heterocycles. The van der Waals surface area contributed by atoms with Gasteiger partial charge in [0.15, 0.2) is 22.9 Å². The average Bonchev–Trinajstić information content (AvgIpc) is 3.12. The Hall–Kier alpha value is -3.47. The number of pyridine rings is 1. The summed E-state index contributed by atoms with van der Waals surface area (Å²) in [6, 6.07) is 10.7. The molecule has 33 heavy (non-hydrogen) atoms. The quantitative estimate of drug-likeness (QED) is 0.257. The van der Waals surface area contributed by atoms with Crippen molar-refractivity contribution in [3.8, 4) is 5.75 Å². The number of carbonyl (C=O) groups is 1. The van der Waals surface area contributed by atoms with E-state index >= 15 is 0 Å². The number of fused-ring (bicyclic) bond motifs is 1. The molecule has 1 N–H and O–H groups in total. The molecule has 0 amide bonds. The third-order valence-corrected chi connectivity index (χ3v) is 5.50. The number of nitrogens with one attached hydrogen (secondary N) is 1. The Bertz CT molecular complexity index is 1400. The molecular weight excluding hydrogens is 512 g/mol. The van der Waals surface area contributed by atoms with E-state index in [9.17, 15) is 27.2 Å². The first kappa shape index (κ1) is 22.7. The van der Waals surface area contributed by atoms with Crippen LogP contribution in [0.3, 0.4) is 0 Å². The molecular formula is C22H13BrF4N2O4. The second-order valence-corrected chi connectivity index (χ2v) is 7.87. The smallest absolute Gasteiger partial charge is 0.408 e. The normalized spacial score (nSPS) is 12.6. The highest BCUT2D eigenvalue weighted by atomic mass is 79.9. The molecule has 2 aromatic heterocycles. The lowest BCUT2D eigenvalue weighted by Crippen LogP contribution is -2.18. The number of Topliss-reactive ketones (excluding diaryl/α,β-unsaturated/α-hetero) is 1. The van der Waals surface area contributed by atoms with Crippen molar-refractivity contribution < 1.29 is 31.5 Å². The maximum Gasteiger partial charge on any atom is 0.573 e. The number of aromatic nitrogens is 2. The molecule has 1 atom stereocenters. The summed E-state index contributed by atoms with van der Waals surface area (Å²) in [5.74, 6) is -4.03. The van der Waals surface area contributed by atoms with Crippen LogP contribution >= 0.6 is 15.9 Å². The molecule has 170 valence electrons. The van der Waals surface area contributed by atoms with Gasteiger partial charge in [-0.05, 0) is 64.0 Å². The lowest BCUT2D eigenvalue weighted by Gasteiger charge is -2.19. The monoisotopic (exact) mass is 524 g/mol. The van der Waals surface area contributed by atoms with Crippen LogP contribution in [0.2, 0.25) is 0 Å². The Balaban J connectivity index is 1.71. The summed E-state index contributed by atoms with van der Waals surface area (Å²) in [6.45, 7) is 0. The predicted molar refractivity (Wildman–Crippen MR) is 113 cm³/mol. The van der Waals surface area contributed by atoms with Gasteiger partial charge < -0.3 is 9.15 Å². The van der Waals surface area contributed by atoms with Crippen LogP contribution in [-0.4, -0.2) is 22.1 Å². The Morgan fingerprint density at radius 1 is 1.18 bits per heavy atom. The minimum Gasteiger partial charge on any atom is -0.408 e. The second kappa shape index (κ2) is 8.81. The van der Waals surface area contributed by atoms with Crippen LogP contribution in [-0.2, 0) is 0 Å². The van der Waals surface area contributed by atoms with E-state index in [1.807, 2.05) is 0 Å². The molecule has 4 rings (SSSR count). The minimum atomic E-state index is -5.05. The molecule has 0 unspecified atom stereocenters. The molecule has 6 nitrogen and oxygen atoms in total. The number of halogens is 5. The first-order valence-electron chi connectivity index (χ1n) is 9.42. The number of H-pyrrole nitrogens is 1. The first-order chi connectivity index (χ1) is 15.6. The molecule has 0 bridgehead atoms. The lowest BCUT2D eigenvalue weighted by molar-refractivity contribution is -0.275. The summed E-state index contributed by atoms with van der Waals surface area (Å²) in [5, 5.41) is 0. The lowest BCUT2D eigenvalue weighted by atomic mass is 9.88. The highest BCUT2D eigenvalue weighted by Gasteiger charge is 2.33. The van der Waals surface area contributed by atoms with Crippen molar-refractivity contribution in [2.24, 2.45) is 0 Å². The van der Waals surface area contributed by atoms with Gasteiger partial charge in [0.2, 0.25) is 0 Å². The number of ketones is 1. The number of hydrogen-bond donors (Lipinski definition) is 1. The maximum absolute atomic E-state index is 14.4. The number of aromatic amines is 1. The molecule has 0 saturated heterocycles. The molecule has 0 aliphatic rings. The van der Waals surface area contributed by atoms with Crippen molar-refractivity contribution in [2.75, 3.05) is 0 Å². The standard InChI is InChI=1S/C22H13BrF4N2O4/c23-14-2-1-7-28-20(14)13(11-3-5-18(15(24)8-11)33-22(25,26)27)10-17(30)12-4-6-19-16(9-12)29-21(31)32-19/h1-9,13H,10H2,(H,29,31)/t13-/m0/s1. The summed E-state index contributed by atoms with van der Waals surface area (Å²) < 4.78 is 61.0. The zero-order valence-electron chi connectivity index (χ0n) is 16.5. The summed E-state index contributed by atoms with van der Waals surface area (Å²) >= 11 is 3.36. The van der Waals surface area contributed by atoms with Crippen LogP contribution in [0.5, 0.6) is 5.75 Å². The van der Waals surface area contributed by atoms with Crippen molar-refractivity contribution in [1.29, 1.82) is 0 Å². The van der Waals surface area contributed by atoms with E-state index < -0.39 is 29.6 Å². The summed E-state index contributed by atoms with van der Waals surface area (Å²) in [5.41, 5.74) is 1.50. The van der Waals surface area contributed by atoms with Crippen molar-refractivity contribution in [1.82, 2.24) is 9.97 Å².